The Kier molecular flexibility index (Phi) is 2.82. The van der Waals surface area contributed by atoms with E-state index >= 15 is 0 Å². The lowest BCUT2D eigenvalue weighted by molar-refractivity contribution is 1.00. The number of aromatic nitrogens is 1. The van der Waals surface area contributed by atoms with Gasteiger partial charge in [-0.1, -0.05) is 19.9 Å². The van der Waals surface area contributed by atoms with Gasteiger partial charge in [0.05, 0.1) is 15.2 Å². The van der Waals surface area contributed by atoms with E-state index in [-0.39, 0.29) is 0 Å². The molecule has 0 atom stereocenters. The van der Waals surface area contributed by atoms with Gasteiger partial charge in [0.25, 0.3) is 0 Å². The van der Waals surface area contributed by atoms with Crippen molar-refractivity contribution in [1.29, 1.82) is 0 Å². The van der Waals surface area contributed by atoms with Gasteiger partial charge in [0.2, 0.25) is 0 Å². The number of thiazole rings is 1. The van der Waals surface area contributed by atoms with E-state index in [1.54, 1.807) is 11.3 Å². The highest BCUT2D eigenvalue weighted by Crippen LogP contribution is 2.23. The largest absolute Gasteiger partial charge is 0.241 e. The maximum Gasteiger partial charge on any atom is 0.0935 e. The van der Waals surface area contributed by atoms with Crippen LogP contribution in [-0.2, 0) is 12.8 Å². The summed E-state index contributed by atoms with van der Waals surface area (Å²) in [5.74, 6) is 0. The summed E-state index contributed by atoms with van der Waals surface area (Å²) >= 11 is 1.81. The van der Waals surface area contributed by atoms with Gasteiger partial charge in [0.1, 0.15) is 0 Å². The number of nitrogens with zero attached hydrogens (tertiary/aromatic N) is 1. The average molecular weight is 204 g/mol. The molecule has 2 heteroatoms. The Morgan fingerprint density at radius 1 is 1.43 bits per heavy atom. The number of aryl methyl sites for hydroxylation is 2. The van der Waals surface area contributed by atoms with Gasteiger partial charge in [-0.05, 0) is 37.0 Å². The van der Waals surface area contributed by atoms with E-state index in [2.05, 4.69) is 37.0 Å². The number of fused-ring (bicyclic) bond motifs is 1. The molecule has 14 heavy (non-hydrogen) atoms. The van der Waals surface area contributed by atoms with Crippen LogP contribution in [-0.4, -0.2) is 4.98 Å². The molecule has 0 amide bonds. The Morgan fingerprint density at radius 3 is 3.00 bits per heavy atom. The molecule has 0 unspecified atom stereocenters. The lowest BCUT2D eigenvalue weighted by atomic mass is 10.1. The Balaban J connectivity index is 2.43. The molecular weight excluding hydrogens is 190 g/mol. The van der Waals surface area contributed by atoms with Gasteiger partial charge in [0, 0.05) is 0 Å². The third-order valence-electron chi connectivity index (χ3n) is 2.27. The van der Waals surface area contributed by atoms with Crippen LogP contribution < -0.4 is 0 Å². The van der Waals surface area contributed by atoms with Crippen molar-refractivity contribution in [2.24, 2.45) is 0 Å². The van der Waals surface area contributed by atoms with E-state index < -0.39 is 0 Å². The molecule has 0 aliphatic rings. The van der Waals surface area contributed by atoms with Crippen molar-refractivity contribution in [3.63, 3.8) is 0 Å². The van der Waals surface area contributed by atoms with Gasteiger partial charge in [-0.2, -0.15) is 0 Å². The molecule has 0 bridgehead atoms. The van der Waals surface area contributed by atoms with E-state index in [4.69, 9.17) is 0 Å². The summed E-state index contributed by atoms with van der Waals surface area (Å²) in [6.45, 7) is 6.02. The van der Waals surface area contributed by atoms with E-state index in [9.17, 15) is 0 Å². The van der Waals surface area contributed by atoms with Gasteiger partial charge in [-0.15, -0.1) is 11.3 Å². The van der Waals surface area contributed by atoms with Crippen molar-refractivity contribution in [2.45, 2.75) is 26.2 Å². The molecule has 1 radical (unpaired) electrons. The highest BCUT2D eigenvalue weighted by atomic mass is 32.1. The van der Waals surface area contributed by atoms with Crippen LogP contribution in [0.5, 0.6) is 0 Å². The molecule has 0 spiro atoms. The van der Waals surface area contributed by atoms with Gasteiger partial charge in [-0.3, -0.25) is 0 Å². The Bertz CT molecular complexity index is 431. The number of rotatable bonds is 3. The van der Waals surface area contributed by atoms with Crippen LogP contribution in [0.1, 0.15) is 23.9 Å². The quantitative estimate of drug-likeness (QED) is 0.744. The standard InChI is InChI=1S/C12H14NS/c1-3-5-9-6-7-10-11(8-9)14-12(4-2)13-10/h6-8H,1,3-5H2,2H3. The third-order valence-corrected chi connectivity index (χ3v) is 3.43. The average Bonchev–Trinajstić information content (AvgIpc) is 2.60. The van der Waals surface area contributed by atoms with Gasteiger partial charge >= 0.3 is 0 Å². The zero-order valence-corrected chi connectivity index (χ0v) is 9.23. The number of hydrogen-bond acceptors (Lipinski definition) is 2. The maximum atomic E-state index is 4.54. The van der Waals surface area contributed by atoms with E-state index in [1.807, 2.05) is 0 Å². The highest BCUT2D eigenvalue weighted by Gasteiger charge is 2.02. The summed E-state index contributed by atoms with van der Waals surface area (Å²) in [7, 11) is 0. The Morgan fingerprint density at radius 2 is 2.29 bits per heavy atom. The zero-order chi connectivity index (χ0) is 9.97. The van der Waals surface area contributed by atoms with Crippen LogP contribution in [0.15, 0.2) is 18.2 Å². The third kappa shape index (κ3) is 1.80. The topological polar surface area (TPSA) is 12.9 Å². The van der Waals surface area contributed by atoms with Crippen molar-refractivity contribution in [3.8, 4) is 0 Å². The van der Waals surface area contributed by atoms with Crippen molar-refractivity contribution in [2.75, 3.05) is 0 Å². The first-order valence-corrected chi connectivity index (χ1v) is 5.82. The molecule has 2 rings (SSSR count). The van der Waals surface area contributed by atoms with Crippen LogP contribution in [0, 0.1) is 6.92 Å². The SMILES string of the molecule is [CH2]CCc1ccc2nc(CC)sc2c1. The van der Waals surface area contributed by atoms with E-state index in [1.165, 1.54) is 15.3 Å². The molecule has 0 saturated heterocycles. The summed E-state index contributed by atoms with van der Waals surface area (Å²) in [5, 5.41) is 1.23. The normalized spacial score (nSPS) is 11.0. The van der Waals surface area contributed by atoms with Crippen molar-refractivity contribution in [3.05, 3.63) is 35.7 Å². The fourth-order valence-corrected chi connectivity index (χ4v) is 2.50. The predicted octanol–water partition coefficient (Wildman–Crippen LogP) is 3.63. The predicted molar refractivity (Wildman–Crippen MR) is 62.7 cm³/mol. The minimum atomic E-state index is 0.963. The molecule has 0 aliphatic carbocycles. The van der Waals surface area contributed by atoms with Gasteiger partial charge < -0.3 is 0 Å². The molecule has 1 aromatic heterocycles. The van der Waals surface area contributed by atoms with Gasteiger partial charge in [0.15, 0.2) is 0 Å². The van der Waals surface area contributed by atoms with E-state index in [0.717, 1.165) is 24.8 Å². The molecule has 0 fully saturated rings. The van der Waals surface area contributed by atoms with E-state index in [0.29, 0.717) is 0 Å². The lowest BCUT2D eigenvalue weighted by Gasteiger charge is -1.96. The fourth-order valence-electron chi connectivity index (χ4n) is 1.53. The van der Waals surface area contributed by atoms with Crippen LogP contribution in [0.3, 0.4) is 0 Å². The first-order chi connectivity index (χ1) is 6.83. The summed E-state index contributed by atoms with van der Waals surface area (Å²) in [5.41, 5.74) is 2.51. The molecule has 1 nitrogen and oxygen atoms in total. The van der Waals surface area contributed by atoms with Crippen molar-refractivity contribution < 1.29 is 0 Å². The lowest BCUT2D eigenvalue weighted by Crippen LogP contribution is -1.81. The summed E-state index contributed by atoms with van der Waals surface area (Å²) in [4.78, 5) is 4.54. The fraction of sp³-hybridized carbons (Fsp3) is 0.333. The second-order valence-electron chi connectivity index (χ2n) is 3.37. The monoisotopic (exact) mass is 204 g/mol. The second kappa shape index (κ2) is 4.09. The molecule has 0 aliphatic heterocycles. The van der Waals surface area contributed by atoms with Crippen molar-refractivity contribution in [1.82, 2.24) is 4.98 Å². The van der Waals surface area contributed by atoms with Crippen molar-refractivity contribution >= 4 is 21.6 Å². The molecule has 1 aromatic carbocycles. The zero-order valence-electron chi connectivity index (χ0n) is 8.42. The number of benzene rings is 1. The molecule has 0 saturated carbocycles. The molecule has 2 aromatic rings. The van der Waals surface area contributed by atoms with Crippen LogP contribution in [0.2, 0.25) is 0 Å². The summed E-state index contributed by atoms with van der Waals surface area (Å²) < 4.78 is 1.31. The number of hydrogen-bond donors (Lipinski definition) is 0. The minimum absolute atomic E-state index is 0.963. The molecule has 73 valence electrons. The maximum absolute atomic E-state index is 4.54. The smallest absolute Gasteiger partial charge is 0.0935 e. The van der Waals surface area contributed by atoms with Gasteiger partial charge in [-0.25, -0.2) is 4.98 Å². The first kappa shape index (κ1) is 9.66. The van der Waals surface area contributed by atoms with Crippen LogP contribution >= 0.6 is 11.3 Å². The second-order valence-corrected chi connectivity index (χ2v) is 4.48. The first-order valence-electron chi connectivity index (χ1n) is 5.01. The molecular formula is C12H14NS. The van der Waals surface area contributed by atoms with Crippen LogP contribution in [0.4, 0.5) is 0 Å². The Labute approximate surface area is 88.8 Å². The molecule has 1 heterocycles. The highest BCUT2D eigenvalue weighted by molar-refractivity contribution is 7.18. The molecule has 0 N–H and O–H groups in total. The Hall–Kier alpha value is -0.890. The minimum Gasteiger partial charge on any atom is -0.241 e. The summed E-state index contributed by atoms with van der Waals surface area (Å²) in [6.07, 6.45) is 3.06. The van der Waals surface area contributed by atoms with Crippen LogP contribution in [0.25, 0.3) is 10.2 Å². The summed E-state index contributed by atoms with van der Waals surface area (Å²) in [6, 6.07) is 6.53.